The molecular weight excluding hydrogens is 759 g/mol. The number of piperidine rings is 2. The van der Waals surface area contributed by atoms with Crippen molar-refractivity contribution in [1.29, 1.82) is 0 Å². The standard InChI is InChI=1S/C47H59N7O6/c55-43(19-13-36-10-8-23-48-33-36)49-24-4-3-9-35-21-26-53(27-22-35)46(58)37-14-16-38(17-15-37)52-30-28-51(29-31-52)25-5-1-2-6-32-60-42-12-7-11-39-40(42)34-54(47(39)59)41-18-20-44(56)50-45(41)57/h7-8,10-17,19,23,33,35,41H,1-6,9,18,20-22,24-32,34H2,(H,49,55)(H,50,56,57)/b19-13+. The molecule has 5 heterocycles. The first-order valence-corrected chi connectivity index (χ1v) is 21.9. The lowest BCUT2D eigenvalue weighted by Crippen LogP contribution is -2.52. The molecule has 0 aliphatic carbocycles. The van der Waals surface area contributed by atoms with Crippen LogP contribution in [0.25, 0.3) is 6.08 Å². The maximum atomic E-state index is 13.3. The van der Waals surface area contributed by atoms with Gasteiger partial charge < -0.3 is 24.8 Å². The van der Waals surface area contributed by atoms with Gasteiger partial charge in [-0.25, -0.2) is 0 Å². The smallest absolute Gasteiger partial charge is 0.255 e. The number of pyridine rings is 1. The Morgan fingerprint density at radius 3 is 2.42 bits per heavy atom. The van der Waals surface area contributed by atoms with Crippen molar-refractivity contribution in [3.63, 3.8) is 0 Å². The molecule has 3 saturated heterocycles. The molecular formula is C47H59N7O6. The zero-order valence-corrected chi connectivity index (χ0v) is 34.7. The van der Waals surface area contributed by atoms with Crippen LogP contribution in [-0.4, -0.2) is 114 Å². The van der Waals surface area contributed by atoms with E-state index in [2.05, 4.69) is 37.6 Å². The molecule has 0 bridgehead atoms. The molecule has 13 heteroatoms. The van der Waals surface area contributed by atoms with Gasteiger partial charge in [0.15, 0.2) is 0 Å². The van der Waals surface area contributed by atoms with Crippen LogP contribution >= 0.6 is 0 Å². The number of imide groups is 1. The van der Waals surface area contributed by atoms with Gasteiger partial charge in [-0.2, -0.15) is 0 Å². The van der Waals surface area contributed by atoms with Gasteiger partial charge in [0.05, 0.1) is 13.2 Å². The number of anilines is 1. The lowest BCUT2D eigenvalue weighted by molar-refractivity contribution is -0.137. The minimum Gasteiger partial charge on any atom is -0.493 e. The van der Waals surface area contributed by atoms with Crippen LogP contribution in [0.1, 0.15) is 102 Å². The Kier molecular flexibility index (Phi) is 15.0. The van der Waals surface area contributed by atoms with Gasteiger partial charge in [-0.05, 0) is 105 Å². The van der Waals surface area contributed by atoms with Crippen LogP contribution in [0, 0.1) is 5.92 Å². The van der Waals surface area contributed by atoms with E-state index in [0.29, 0.717) is 43.3 Å². The number of carbonyl (C=O) groups excluding carboxylic acids is 5. The van der Waals surface area contributed by atoms with E-state index in [1.165, 1.54) is 5.69 Å². The number of amides is 5. The monoisotopic (exact) mass is 817 g/mol. The van der Waals surface area contributed by atoms with Crippen molar-refractivity contribution in [2.24, 2.45) is 5.92 Å². The molecule has 60 heavy (non-hydrogen) atoms. The number of benzene rings is 2. The van der Waals surface area contributed by atoms with Crippen LogP contribution in [0.2, 0.25) is 0 Å². The van der Waals surface area contributed by atoms with Crippen LogP contribution in [0.4, 0.5) is 5.69 Å². The number of fused-ring (bicyclic) bond motifs is 1. The molecule has 5 amide bonds. The summed E-state index contributed by atoms with van der Waals surface area (Å²) in [6.45, 7) is 8.20. The van der Waals surface area contributed by atoms with Crippen molar-refractivity contribution in [2.45, 2.75) is 83.2 Å². The zero-order chi connectivity index (χ0) is 41.7. The topological polar surface area (TPSA) is 144 Å². The fourth-order valence-corrected chi connectivity index (χ4v) is 8.79. The van der Waals surface area contributed by atoms with Gasteiger partial charge in [-0.1, -0.05) is 37.8 Å². The van der Waals surface area contributed by atoms with E-state index in [1.807, 2.05) is 41.3 Å². The number of aromatic nitrogens is 1. The minimum absolute atomic E-state index is 0.0835. The summed E-state index contributed by atoms with van der Waals surface area (Å²) in [6, 6.07) is 16.8. The van der Waals surface area contributed by atoms with Gasteiger partial charge in [0, 0.05) is 93.1 Å². The lowest BCUT2D eigenvalue weighted by Gasteiger charge is -2.36. The Labute approximate surface area is 353 Å². The van der Waals surface area contributed by atoms with E-state index in [9.17, 15) is 24.0 Å². The SMILES string of the molecule is O=C(/C=C/c1cccnc1)NCCCCC1CCN(C(=O)c2ccc(N3CCN(CCCCCCOc4cccc5c4CN(C4CCC(=O)NC4=O)C5=O)CC3)cc2)CC1. The molecule has 0 saturated carbocycles. The van der Waals surface area contributed by atoms with Crippen LogP contribution in [-0.2, 0) is 20.9 Å². The van der Waals surface area contributed by atoms with Gasteiger partial charge >= 0.3 is 0 Å². The van der Waals surface area contributed by atoms with Crippen molar-refractivity contribution in [3.05, 3.63) is 95.3 Å². The summed E-state index contributed by atoms with van der Waals surface area (Å²) in [6.07, 6.45) is 16.8. The Morgan fingerprint density at radius 1 is 0.850 bits per heavy atom. The molecule has 318 valence electrons. The molecule has 1 aromatic heterocycles. The molecule has 3 fully saturated rings. The van der Waals surface area contributed by atoms with Crippen LogP contribution in [0.15, 0.2) is 73.1 Å². The van der Waals surface area contributed by atoms with Crippen molar-refractivity contribution in [1.82, 2.24) is 30.3 Å². The molecule has 2 N–H and O–H groups in total. The highest BCUT2D eigenvalue weighted by Gasteiger charge is 2.40. The number of nitrogens with one attached hydrogen (secondary N) is 2. The Balaban J connectivity index is 0.723. The summed E-state index contributed by atoms with van der Waals surface area (Å²) in [5, 5.41) is 5.32. The Bertz CT molecular complexity index is 1970. The third-order valence-corrected chi connectivity index (χ3v) is 12.4. The number of ether oxygens (including phenoxy) is 1. The minimum atomic E-state index is -0.632. The number of unbranched alkanes of at least 4 members (excludes halogenated alkanes) is 4. The Hall–Kier alpha value is -5.56. The normalized spacial score (nSPS) is 18.8. The van der Waals surface area contributed by atoms with Crippen LogP contribution in [0.5, 0.6) is 5.75 Å². The second-order valence-electron chi connectivity index (χ2n) is 16.5. The number of piperazine rings is 1. The first-order chi connectivity index (χ1) is 29.3. The third-order valence-electron chi connectivity index (χ3n) is 12.4. The van der Waals surface area contributed by atoms with Gasteiger partial charge in [0.2, 0.25) is 17.7 Å². The summed E-state index contributed by atoms with van der Waals surface area (Å²) in [4.78, 5) is 75.1. The highest BCUT2D eigenvalue weighted by atomic mass is 16.5. The fraction of sp³-hybridized carbons (Fsp3) is 0.489. The predicted molar refractivity (Wildman–Crippen MR) is 230 cm³/mol. The van der Waals surface area contributed by atoms with Crippen molar-refractivity contribution in [2.75, 3.05) is 63.9 Å². The first-order valence-electron chi connectivity index (χ1n) is 21.9. The summed E-state index contributed by atoms with van der Waals surface area (Å²) in [5.41, 5.74) is 4.22. The third kappa shape index (κ3) is 11.4. The Morgan fingerprint density at radius 2 is 1.65 bits per heavy atom. The summed E-state index contributed by atoms with van der Waals surface area (Å²) in [5.74, 6) is 0.472. The van der Waals surface area contributed by atoms with Crippen molar-refractivity contribution >= 4 is 41.3 Å². The van der Waals surface area contributed by atoms with Crippen molar-refractivity contribution < 1.29 is 28.7 Å². The summed E-state index contributed by atoms with van der Waals surface area (Å²) < 4.78 is 6.14. The maximum absolute atomic E-state index is 13.3. The van der Waals surface area contributed by atoms with Crippen LogP contribution in [0.3, 0.4) is 0 Å². The van der Waals surface area contributed by atoms with Gasteiger partial charge in [0.1, 0.15) is 11.8 Å². The number of likely N-dealkylation sites (tertiary alicyclic amines) is 1. The molecule has 0 radical (unpaired) electrons. The fourth-order valence-electron chi connectivity index (χ4n) is 8.79. The second kappa shape index (κ2) is 21.1. The number of nitrogens with zero attached hydrogens (tertiary/aromatic N) is 5. The molecule has 3 aromatic rings. The molecule has 2 aromatic carbocycles. The van der Waals surface area contributed by atoms with E-state index < -0.39 is 11.9 Å². The number of hydrogen-bond donors (Lipinski definition) is 2. The van der Waals surface area contributed by atoms with Crippen LogP contribution < -0.4 is 20.3 Å². The largest absolute Gasteiger partial charge is 0.493 e. The molecule has 13 nitrogen and oxygen atoms in total. The molecule has 4 aliphatic heterocycles. The molecule has 4 aliphatic rings. The van der Waals surface area contributed by atoms with E-state index >= 15 is 0 Å². The highest BCUT2D eigenvalue weighted by molar-refractivity contribution is 6.05. The molecule has 0 spiro atoms. The van der Waals surface area contributed by atoms with Crippen molar-refractivity contribution in [3.8, 4) is 5.75 Å². The average molecular weight is 818 g/mol. The zero-order valence-electron chi connectivity index (χ0n) is 34.7. The maximum Gasteiger partial charge on any atom is 0.255 e. The quantitative estimate of drug-likeness (QED) is 0.0973. The van der Waals surface area contributed by atoms with E-state index in [-0.39, 0.29) is 30.0 Å². The highest BCUT2D eigenvalue weighted by Crippen LogP contribution is 2.34. The van der Waals surface area contributed by atoms with Gasteiger partial charge in [-0.3, -0.25) is 39.2 Å². The lowest BCUT2D eigenvalue weighted by atomic mass is 9.91. The number of hydrogen-bond acceptors (Lipinski definition) is 9. The molecule has 1 atom stereocenters. The molecule has 7 rings (SSSR count). The van der Waals surface area contributed by atoms with E-state index in [4.69, 9.17) is 4.74 Å². The van der Waals surface area contributed by atoms with Gasteiger partial charge in [-0.15, -0.1) is 0 Å². The van der Waals surface area contributed by atoms with E-state index in [0.717, 1.165) is 120 Å². The summed E-state index contributed by atoms with van der Waals surface area (Å²) >= 11 is 0. The van der Waals surface area contributed by atoms with Gasteiger partial charge in [0.25, 0.3) is 11.8 Å². The van der Waals surface area contributed by atoms with E-state index in [1.54, 1.807) is 35.5 Å². The summed E-state index contributed by atoms with van der Waals surface area (Å²) in [7, 11) is 0. The second-order valence-corrected chi connectivity index (χ2v) is 16.5. The first kappa shape index (κ1) is 42.6. The average Bonchev–Trinajstić information content (AvgIpc) is 3.61. The number of rotatable bonds is 18. The number of carbonyl (C=O) groups is 5. The predicted octanol–water partition coefficient (Wildman–Crippen LogP) is 5.46. The molecule has 1 unspecified atom stereocenters.